The Morgan fingerprint density at radius 2 is 1.76 bits per heavy atom. The Hall–Kier alpha value is -2.79. The van der Waals surface area contributed by atoms with Gasteiger partial charge in [0.15, 0.2) is 0 Å². The zero-order valence-electron chi connectivity index (χ0n) is 21.8. The molecule has 7 nitrogen and oxygen atoms in total. The van der Waals surface area contributed by atoms with Gasteiger partial charge in [0, 0.05) is 37.0 Å². The molecule has 2 heterocycles. The normalized spacial score (nSPS) is 15.3. The van der Waals surface area contributed by atoms with Crippen molar-refractivity contribution in [3.8, 4) is 16.9 Å². The van der Waals surface area contributed by atoms with E-state index in [1.165, 1.54) is 16.1 Å². The molecule has 0 N–H and O–H groups in total. The number of thiocarbonyl (C=S) groups is 1. The Morgan fingerprint density at radius 1 is 1.03 bits per heavy atom. The van der Waals surface area contributed by atoms with Crippen LogP contribution in [-0.4, -0.2) is 57.3 Å². The predicted octanol–water partition coefficient (Wildman–Crippen LogP) is 5.96. The van der Waals surface area contributed by atoms with Crippen molar-refractivity contribution in [2.24, 2.45) is 0 Å². The maximum Gasteiger partial charge on any atom is 0.266 e. The standard InChI is InChI=1S/C28H32N4O3S3/c1-4-7-11-17-31-27(33)25(37-28(31)36)19-22-20-32(23-14-9-8-10-15-23)29-26(22)21-13-12-16-24(18-21)38(34,35)30(5-2)6-3/h8-10,12-16,18-20H,4-7,11,17H2,1-3H3. The summed E-state index contributed by atoms with van der Waals surface area (Å²) in [6, 6.07) is 16.5. The number of sulfonamides is 1. The van der Waals surface area contributed by atoms with E-state index in [2.05, 4.69) is 6.92 Å². The molecular weight excluding hydrogens is 537 g/mol. The number of amides is 1. The SMILES string of the molecule is CCCCCN1C(=O)C(=Cc2cn(-c3ccccc3)nc2-c2cccc(S(=O)(=O)N(CC)CC)c2)SC1=S. The van der Waals surface area contributed by atoms with E-state index in [0.29, 0.717) is 45.7 Å². The van der Waals surface area contributed by atoms with Crippen molar-refractivity contribution < 1.29 is 13.2 Å². The first-order valence-electron chi connectivity index (χ1n) is 12.8. The van der Waals surface area contributed by atoms with Crippen LogP contribution in [0.25, 0.3) is 23.0 Å². The first kappa shape index (κ1) is 28.2. The summed E-state index contributed by atoms with van der Waals surface area (Å²) in [7, 11) is -3.65. The molecule has 10 heteroatoms. The minimum absolute atomic E-state index is 0.104. The number of hydrogen-bond donors (Lipinski definition) is 0. The van der Waals surface area contributed by atoms with Gasteiger partial charge in [-0.15, -0.1) is 0 Å². The van der Waals surface area contributed by atoms with Crippen molar-refractivity contribution in [1.82, 2.24) is 19.0 Å². The fraction of sp³-hybridized carbons (Fsp3) is 0.321. The highest BCUT2D eigenvalue weighted by Gasteiger charge is 2.32. The predicted molar refractivity (Wildman–Crippen MR) is 159 cm³/mol. The molecule has 0 spiro atoms. The minimum atomic E-state index is -3.65. The molecule has 4 rings (SSSR count). The third-order valence-corrected chi connectivity index (χ3v) is 9.78. The van der Waals surface area contributed by atoms with Crippen molar-refractivity contribution >= 4 is 50.3 Å². The summed E-state index contributed by atoms with van der Waals surface area (Å²) in [5.74, 6) is -0.104. The van der Waals surface area contributed by atoms with Gasteiger partial charge in [0.1, 0.15) is 10.0 Å². The zero-order valence-corrected chi connectivity index (χ0v) is 24.3. The lowest BCUT2D eigenvalue weighted by atomic mass is 10.1. The van der Waals surface area contributed by atoms with Crippen LogP contribution in [0, 0.1) is 0 Å². The van der Waals surface area contributed by atoms with Gasteiger partial charge in [0.05, 0.1) is 15.5 Å². The number of nitrogens with zero attached hydrogens (tertiary/aromatic N) is 4. The molecule has 38 heavy (non-hydrogen) atoms. The van der Waals surface area contributed by atoms with Gasteiger partial charge in [-0.25, -0.2) is 13.1 Å². The number of carbonyl (C=O) groups excluding carboxylic acids is 1. The second kappa shape index (κ2) is 12.4. The Kier molecular flexibility index (Phi) is 9.19. The number of rotatable bonds is 11. The minimum Gasteiger partial charge on any atom is -0.293 e. The number of unbranched alkanes of at least 4 members (excludes halogenated alkanes) is 2. The van der Waals surface area contributed by atoms with Crippen LogP contribution in [0.5, 0.6) is 0 Å². The fourth-order valence-corrected chi connectivity index (χ4v) is 7.10. The summed E-state index contributed by atoms with van der Waals surface area (Å²) in [5, 5.41) is 4.82. The molecule has 1 aliphatic rings. The monoisotopic (exact) mass is 568 g/mol. The zero-order chi connectivity index (χ0) is 27.3. The van der Waals surface area contributed by atoms with Crippen LogP contribution in [-0.2, 0) is 14.8 Å². The molecule has 1 aromatic heterocycles. The van der Waals surface area contributed by atoms with E-state index >= 15 is 0 Å². The molecule has 0 saturated carbocycles. The third kappa shape index (κ3) is 5.93. The Bertz CT molecular complexity index is 1440. The van der Waals surface area contributed by atoms with Crippen molar-refractivity contribution in [2.45, 2.75) is 44.9 Å². The van der Waals surface area contributed by atoms with Gasteiger partial charge in [0.25, 0.3) is 5.91 Å². The second-order valence-electron chi connectivity index (χ2n) is 8.87. The Morgan fingerprint density at radius 3 is 2.45 bits per heavy atom. The molecule has 200 valence electrons. The van der Waals surface area contributed by atoms with Gasteiger partial charge in [-0.2, -0.15) is 9.40 Å². The van der Waals surface area contributed by atoms with Crippen molar-refractivity contribution in [3.05, 3.63) is 71.3 Å². The molecule has 1 saturated heterocycles. The maximum absolute atomic E-state index is 13.2. The molecular formula is C28H32N4O3S3. The summed E-state index contributed by atoms with van der Waals surface area (Å²) in [6.45, 7) is 7.15. The molecule has 1 aliphatic heterocycles. The molecule has 1 amide bonds. The van der Waals surface area contributed by atoms with Gasteiger partial charge in [-0.3, -0.25) is 9.69 Å². The molecule has 3 aromatic rings. The highest BCUT2D eigenvalue weighted by atomic mass is 32.2. The smallest absolute Gasteiger partial charge is 0.266 e. The van der Waals surface area contributed by atoms with Crippen LogP contribution in [0.15, 0.2) is 70.6 Å². The lowest BCUT2D eigenvalue weighted by Crippen LogP contribution is -2.30. The Balaban J connectivity index is 1.78. The average Bonchev–Trinajstić information content (AvgIpc) is 3.46. The molecule has 0 aliphatic carbocycles. The summed E-state index contributed by atoms with van der Waals surface area (Å²) in [6.07, 6.45) is 6.68. The summed E-state index contributed by atoms with van der Waals surface area (Å²) >= 11 is 6.80. The van der Waals surface area contributed by atoms with Crippen LogP contribution >= 0.6 is 24.0 Å². The fourth-order valence-electron chi connectivity index (χ4n) is 4.30. The molecule has 0 bridgehead atoms. The molecule has 0 unspecified atom stereocenters. The molecule has 1 fully saturated rings. The maximum atomic E-state index is 13.2. The van der Waals surface area contributed by atoms with Crippen molar-refractivity contribution in [3.63, 3.8) is 0 Å². The van der Waals surface area contributed by atoms with Crippen LogP contribution < -0.4 is 0 Å². The van der Waals surface area contributed by atoms with Gasteiger partial charge in [-0.1, -0.05) is 87.9 Å². The molecule has 0 atom stereocenters. The van der Waals surface area contributed by atoms with Gasteiger partial charge in [-0.05, 0) is 36.8 Å². The van der Waals surface area contributed by atoms with Crippen LogP contribution in [0.4, 0.5) is 0 Å². The summed E-state index contributed by atoms with van der Waals surface area (Å²) in [5.41, 5.74) is 2.80. The van der Waals surface area contributed by atoms with Crippen LogP contribution in [0.2, 0.25) is 0 Å². The number of para-hydroxylation sites is 1. The second-order valence-corrected chi connectivity index (χ2v) is 12.5. The Labute approximate surface area is 234 Å². The van der Waals surface area contributed by atoms with Crippen LogP contribution in [0.1, 0.15) is 45.6 Å². The van der Waals surface area contributed by atoms with Crippen molar-refractivity contribution in [2.75, 3.05) is 19.6 Å². The molecule has 0 radical (unpaired) electrons. The van der Waals surface area contributed by atoms with E-state index in [-0.39, 0.29) is 10.8 Å². The first-order chi connectivity index (χ1) is 18.3. The first-order valence-corrected chi connectivity index (χ1v) is 15.5. The third-order valence-electron chi connectivity index (χ3n) is 6.36. The number of benzene rings is 2. The number of hydrogen-bond acceptors (Lipinski definition) is 6. The topological polar surface area (TPSA) is 75.5 Å². The summed E-state index contributed by atoms with van der Waals surface area (Å²) < 4.78 is 30.2. The van der Waals surface area contributed by atoms with Crippen molar-refractivity contribution in [1.29, 1.82) is 0 Å². The van der Waals surface area contributed by atoms with Gasteiger partial charge < -0.3 is 0 Å². The summed E-state index contributed by atoms with van der Waals surface area (Å²) in [4.78, 5) is 15.6. The highest BCUT2D eigenvalue weighted by molar-refractivity contribution is 8.26. The average molecular weight is 569 g/mol. The van der Waals surface area contributed by atoms with E-state index < -0.39 is 10.0 Å². The van der Waals surface area contributed by atoms with E-state index in [1.54, 1.807) is 27.8 Å². The van der Waals surface area contributed by atoms with Crippen LogP contribution in [0.3, 0.4) is 0 Å². The van der Waals surface area contributed by atoms with Gasteiger partial charge in [0.2, 0.25) is 10.0 Å². The lowest BCUT2D eigenvalue weighted by Gasteiger charge is -2.18. The number of thioether (sulfide) groups is 1. The van der Waals surface area contributed by atoms with Gasteiger partial charge >= 0.3 is 0 Å². The van der Waals surface area contributed by atoms with E-state index in [4.69, 9.17) is 17.3 Å². The molecule has 2 aromatic carbocycles. The number of aromatic nitrogens is 2. The number of carbonyl (C=O) groups is 1. The largest absolute Gasteiger partial charge is 0.293 e. The van der Waals surface area contributed by atoms with E-state index in [9.17, 15) is 13.2 Å². The highest BCUT2D eigenvalue weighted by Crippen LogP contribution is 2.35. The quantitative estimate of drug-likeness (QED) is 0.161. The van der Waals surface area contributed by atoms with E-state index in [1.807, 2.05) is 62.5 Å². The van der Waals surface area contributed by atoms with E-state index in [0.717, 1.165) is 24.9 Å². The lowest BCUT2D eigenvalue weighted by molar-refractivity contribution is -0.122.